The molecular formula is C7H4F3NO2S. The molecule has 0 saturated carbocycles. The molecule has 0 unspecified atom stereocenters. The first-order valence-corrected chi connectivity index (χ1v) is 4.13. The van der Waals surface area contributed by atoms with Crippen LogP contribution < -0.4 is 4.87 Å². The smallest absolute Gasteiger partial charge is 0.436 e. The number of hydrogen-bond donors (Lipinski definition) is 1. The van der Waals surface area contributed by atoms with Crippen LogP contribution in [0.3, 0.4) is 0 Å². The maximum atomic E-state index is 12.3. The predicted molar refractivity (Wildman–Crippen MR) is 44.1 cm³/mol. The van der Waals surface area contributed by atoms with Gasteiger partial charge in [0.25, 0.3) is 0 Å². The van der Waals surface area contributed by atoms with Gasteiger partial charge in [0.1, 0.15) is 0 Å². The summed E-state index contributed by atoms with van der Waals surface area (Å²) >= 11 is 0.110. The minimum atomic E-state index is -4.78. The van der Waals surface area contributed by atoms with Crippen LogP contribution in [0.5, 0.6) is 5.06 Å². The lowest BCUT2D eigenvalue weighted by molar-refractivity contribution is -0.144. The second-order valence-corrected chi connectivity index (χ2v) is 3.25. The van der Waals surface area contributed by atoms with Crippen LogP contribution in [0.2, 0.25) is 0 Å². The standard InChI is InChI=1S/C7H4F3NO2S/c1-2-3-11-4(7(8,9)10)5(12)14-6(11)13/h1,12H,3H2. The van der Waals surface area contributed by atoms with E-state index in [0.29, 0.717) is 4.57 Å². The highest BCUT2D eigenvalue weighted by atomic mass is 32.1. The molecule has 0 atom stereocenters. The molecule has 1 aromatic heterocycles. The molecule has 0 saturated heterocycles. The van der Waals surface area contributed by atoms with E-state index < -0.39 is 28.4 Å². The zero-order valence-electron chi connectivity index (χ0n) is 6.63. The van der Waals surface area contributed by atoms with Crippen molar-refractivity contribution < 1.29 is 18.3 Å². The van der Waals surface area contributed by atoms with E-state index in [9.17, 15) is 18.0 Å². The molecule has 0 aliphatic rings. The Morgan fingerprint density at radius 1 is 1.57 bits per heavy atom. The second-order valence-electron chi connectivity index (χ2n) is 2.31. The van der Waals surface area contributed by atoms with Gasteiger partial charge in [-0.05, 0) is 11.3 Å². The van der Waals surface area contributed by atoms with Gasteiger partial charge in [-0.25, -0.2) is 0 Å². The molecule has 0 fully saturated rings. The van der Waals surface area contributed by atoms with E-state index in [-0.39, 0.29) is 11.3 Å². The van der Waals surface area contributed by atoms with Crippen LogP contribution in [0, 0.1) is 12.3 Å². The molecule has 76 valence electrons. The van der Waals surface area contributed by atoms with Gasteiger partial charge in [-0.3, -0.25) is 9.36 Å². The Kier molecular flexibility index (Phi) is 2.57. The van der Waals surface area contributed by atoms with Gasteiger partial charge in [0.2, 0.25) is 5.06 Å². The normalized spacial score (nSPS) is 11.3. The summed E-state index contributed by atoms with van der Waals surface area (Å²) in [7, 11) is 0. The number of rotatable bonds is 1. The van der Waals surface area contributed by atoms with E-state index in [1.54, 1.807) is 0 Å². The second kappa shape index (κ2) is 3.38. The van der Waals surface area contributed by atoms with Crippen molar-refractivity contribution in [2.45, 2.75) is 12.7 Å². The SMILES string of the molecule is C#CCn1c(C(F)(F)F)c(O)sc1=O. The first-order valence-electron chi connectivity index (χ1n) is 3.31. The monoisotopic (exact) mass is 223 g/mol. The van der Waals surface area contributed by atoms with E-state index >= 15 is 0 Å². The number of terminal acetylenes is 1. The summed E-state index contributed by atoms with van der Waals surface area (Å²) in [4.78, 5) is 10.0. The topological polar surface area (TPSA) is 42.2 Å². The van der Waals surface area contributed by atoms with Gasteiger partial charge in [0, 0.05) is 0 Å². The average molecular weight is 223 g/mol. The highest BCUT2D eigenvalue weighted by molar-refractivity contribution is 7.11. The minimum absolute atomic E-state index is 0.110. The van der Waals surface area contributed by atoms with Gasteiger partial charge in [-0.15, -0.1) is 6.42 Å². The van der Waals surface area contributed by atoms with Crippen LogP contribution in [-0.2, 0) is 12.7 Å². The first-order chi connectivity index (χ1) is 6.38. The molecule has 0 amide bonds. The highest BCUT2D eigenvalue weighted by Crippen LogP contribution is 2.36. The van der Waals surface area contributed by atoms with Crippen molar-refractivity contribution in [3.63, 3.8) is 0 Å². The summed E-state index contributed by atoms with van der Waals surface area (Å²) < 4.78 is 37.1. The van der Waals surface area contributed by atoms with Gasteiger partial charge >= 0.3 is 11.0 Å². The third kappa shape index (κ3) is 1.75. The lowest BCUT2D eigenvalue weighted by atomic mass is 10.4. The van der Waals surface area contributed by atoms with Crippen molar-refractivity contribution in [3.05, 3.63) is 15.4 Å². The fourth-order valence-corrected chi connectivity index (χ4v) is 1.66. The number of halogens is 3. The maximum Gasteiger partial charge on any atom is 0.436 e. The Labute approximate surface area is 80.4 Å². The lowest BCUT2D eigenvalue weighted by Crippen LogP contribution is -2.20. The Hall–Kier alpha value is -1.42. The fourth-order valence-electron chi connectivity index (χ4n) is 0.902. The molecule has 0 aliphatic heterocycles. The molecule has 1 rings (SSSR count). The van der Waals surface area contributed by atoms with Crippen LogP contribution in [0.4, 0.5) is 13.2 Å². The molecule has 1 N–H and O–H groups in total. The molecule has 0 radical (unpaired) electrons. The van der Waals surface area contributed by atoms with E-state index in [2.05, 4.69) is 0 Å². The molecular weight excluding hydrogens is 219 g/mol. The molecule has 7 heteroatoms. The van der Waals surface area contributed by atoms with E-state index in [0.717, 1.165) is 0 Å². The molecule has 0 spiro atoms. The number of alkyl halides is 3. The minimum Gasteiger partial charge on any atom is -0.498 e. The van der Waals surface area contributed by atoms with Crippen molar-refractivity contribution >= 4 is 11.3 Å². The summed E-state index contributed by atoms with van der Waals surface area (Å²) in [6.07, 6.45) is 0.0191. The predicted octanol–water partition coefficient (Wildman–Crippen LogP) is 1.27. The molecule has 0 aliphatic carbocycles. The third-order valence-corrected chi connectivity index (χ3v) is 2.18. The fraction of sp³-hybridized carbons (Fsp3) is 0.286. The van der Waals surface area contributed by atoms with E-state index in [1.165, 1.54) is 0 Å². The van der Waals surface area contributed by atoms with Gasteiger partial charge < -0.3 is 5.11 Å². The number of nitrogens with zero attached hydrogens (tertiary/aromatic N) is 1. The highest BCUT2D eigenvalue weighted by Gasteiger charge is 2.39. The summed E-state index contributed by atoms with van der Waals surface area (Å²) in [5.41, 5.74) is -1.38. The molecule has 3 nitrogen and oxygen atoms in total. The number of hydrogen-bond acceptors (Lipinski definition) is 3. The van der Waals surface area contributed by atoms with Crippen LogP contribution >= 0.6 is 11.3 Å². The quantitative estimate of drug-likeness (QED) is 0.728. The Morgan fingerprint density at radius 3 is 2.57 bits per heavy atom. The lowest BCUT2D eigenvalue weighted by Gasteiger charge is -2.07. The van der Waals surface area contributed by atoms with E-state index in [1.807, 2.05) is 5.92 Å². The first kappa shape index (κ1) is 10.7. The van der Waals surface area contributed by atoms with Gasteiger partial charge in [-0.2, -0.15) is 13.2 Å². The Balaban J connectivity index is 3.42. The van der Waals surface area contributed by atoms with Crippen LogP contribution in [0.25, 0.3) is 0 Å². The average Bonchev–Trinajstić information content (AvgIpc) is 2.26. The maximum absolute atomic E-state index is 12.3. The van der Waals surface area contributed by atoms with Crippen molar-refractivity contribution in [2.75, 3.05) is 0 Å². The zero-order valence-corrected chi connectivity index (χ0v) is 7.45. The number of aromatic hydroxyl groups is 1. The van der Waals surface area contributed by atoms with Gasteiger partial charge in [0.15, 0.2) is 5.69 Å². The molecule has 0 aromatic carbocycles. The Bertz CT molecular complexity index is 437. The zero-order chi connectivity index (χ0) is 10.9. The van der Waals surface area contributed by atoms with Gasteiger partial charge in [0.05, 0.1) is 6.54 Å². The van der Waals surface area contributed by atoms with Crippen LogP contribution in [0.1, 0.15) is 5.69 Å². The molecule has 1 heterocycles. The molecule has 0 bridgehead atoms. The molecule has 14 heavy (non-hydrogen) atoms. The van der Waals surface area contributed by atoms with Crippen molar-refractivity contribution in [3.8, 4) is 17.4 Å². The Morgan fingerprint density at radius 2 is 2.14 bits per heavy atom. The van der Waals surface area contributed by atoms with Crippen molar-refractivity contribution in [2.24, 2.45) is 0 Å². The largest absolute Gasteiger partial charge is 0.498 e. The van der Waals surface area contributed by atoms with Crippen molar-refractivity contribution in [1.29, 1.82) is 0 Å². The summed E-state index contributed by atoms with van der Waals surface area (Å²) in [5.74, 6) is 1.91. The molecule has 1 aromatic rings. The van der Waals surface area contributed by atoms with Crippen LogP contribution in [-0.4, -0.2) is 9.67 Å². The summed E-state index contributed by atoms with van der Waals surface area (Å²) in [6, 6.07) is 0. The number of thiazole rings is 1. The number of aromatic nitrogens is 1. The summed E-state index contributed by atoms with van der Waals surface area (Å²) in [5, 5.41) is 7.83. The van der Waals surface area contributed by atoms with E-state index in [4.69, 9.17) is 11.5 Å². The summed E-state index contributed by atoms with van der Waals surface area (Å²) in [6.45, 7) is -0.509. The van der Waals surface area contributed by atoms with Gasteiger partial charge in [-0.1, -0.05) is 5.92 Å². The van der Waals surface area contributed by atoms with Crippen molar-refractivity contribution in [1.82, 2.24) is 4.57 Å². The third-order valence-electron chi connectivity index (χ3n) is 1.39. The van der Waals surface area contributed by atoms with Crippen LogP contribution in [0.15, 0.2) is 4.79 Å².